The van der Waals surface area contributed by atoms with E-state index >= 15 is 0 Å². The third-order valence-electron chi connectivity index (χ3n) is 2.39. The maximum Gasteiger partial charge on any atom is 0.471 e. The number of carboxylic acid groups (broad SMARTS) is 1. The van der Waals surface area contributed by atoms with Gasteiger partial charge < -0.3 is 10.0 Å². The topological polar surface area (TPSA) is 57.6 Å². The maximum absolute atomic E-state index is 13.2. The fraction of sp³-hybridized carbons (Fsp3) is 0.750. The first-order valence-electron chi connectivity index (χ1n) is 4.46. The number of rotatable bonds is 1. The number of halogens is 4. The molecular formula is C8H9F4NO3. The third-order valence-corrected chi connectivity index (χ3v) is 2.39. The van der Waals surface area contributed by atoms with Crippen molar-refractivity contribution in [2.45, 2.75) is 18.8 Å². The monoisotopic (exact) mass is 243 g/mol. The van der Waals surface area contributed by atoms with Crippen LogP contribution in [0.25, 0.3) is 0 Å². The van der Waals surface area contributed by atoms with Crippen LogP contribution in [0.5, 0.6) is 0 Å². The van der Waals surface area contributed by atoms with Crippen molar-refractivity contribution in [3.8, 4) is 0 Å². The van der Waals surface area contributed by atoms with Gasteiger partial charge in [-0.2, -0.15) is 13.2 Å². The first-order valence-corrected chi connectivity index (χ1v) is 4.46. The molecule has 92 valence electrons. The molecule has 0 aromatic heterocycles. The number of carboxylic acids is 1. The Labute approximate surface area is 87.8 Å². The van der Waals surface area contributed by atoms with Gasteiger partial charge in [0, 0.05) is 6.54 Å². The Balaban J connectivity index is 2.65. The second-order valence-electron chi connectivity index (χ2n) is 3.50. The Kier molecular flexibility index (Phi) is 3.39. The van der Waals surface area contributed by atoms with Gasteiger partial charge in [-0.25, -0.2) is 4.39 Å². The predicted molar refractivity (Wildman–Crippen MR) is 43.3 cm³/mol. The van der Waals surface area contributed by atoms with Gasteiger partial charge in [0.2, 0.25) is 0 Å². The summed E-state index contributed by atoms with van der Waals surface area (Å²) in [6, 6.07) is 0. The van der Waals surface area contributed by atoms with Crippen LogP contribution in [0.4, 0.5) is 17.6 Å². The summed E-state index contributed by atoms with van der Waals surface area (Å²) in [5, 5.41) is 8.53. The molecule has 1 rings (SSSR count). The molecule has 1 aliphatic heterocycles. The SMILES string of the molecule is O=C(O)C1CCN(C(=O)C(F)(F)F)CC1F. The van der Waals surface area contributed by atoms with Crippen molar-refractivity contribution < 1.29 is 32.3 Å². The van der Waals surface area contributed by atoms with E-state index in [0.29, 0.717) is 4.90 Å². The van der Waals surface area contributed by atoms with Gasteiger partial charge in [-0.05, 0) is 6.42 Å². The Morgan fingerprint density at radius 3 is 2.25 bits per heavy atom. The van der Waals surface area contributed by atoms with Crippen molar-refractivity contribution in [3.05, 3.63) is 0 Å². The van der Waals surface area contributed by atoms with Gasteiger partial charge in [-0.15, -0.1) is 0 Å². The van der Waals surface area contributed by atoms with Crippen molar-refractivity contribution in [2.24, 2.45) is 5.92 Å². The van der Waals surface area contributed by atoms with Gasteiger partial charge in [0.15, 0.2) is 0 Å². The number of amides is 1. The average molecular weight is 243 g/mol. The first-order chi connectivity index (χ1) is 7.23. The molecule has 1 amide bonds. The Morgan fingerprint density at radius 2 is 1.88 bits per heavy atom. The normalized spacial score (nSPS) is 26.6. The molecule has 8 heteroatoms. The van der Waals surface area contributed by atoms with Crippen molar-refractivity contribution in [2.75, 3.05) is 13.1 Å². The molecule has 1 aliphatic rings. The van der Waals surface area contributed by atoms with Gasteiger partial charge in [-0.3, -0.25) is 9.59 Å². The number of likely N-dealkylation sites (tertiary alicyclic amines) is 1. The first kappa shape index (κ1) is 12.7. The lowest BCUT2D eigenvalue weighted by molar-refractivity contribution is -0.188. The zero-order valence-corrected chi connectivity index (χ0v) is 8.00. The summed E-state index contributed by atoms with van der Waals surface area (Å²) >= 11 is 0. The number of hydrogen-bond acceptors (Lipinski definition) is 2. The number of piperidine rings is 1. The van der Waals surface area contributed by atoms with Crippen LogP contribution in [0.3, 0.4) is 0 Å². The van der Waals surface area contributed by atoms with Crippen molar-refractivity contribution in [3.63, 3.8) is 0 Å². The number of nitrogens with zero attached hydrogens (tertiary/aromatic N) is 1. The fourth-order valence-corrected chi connectivity index (χ4v) is 1.55. The molecule has 0 aromatic carbocycles. The minimum Gasteiger partial charge on any atom is -0.481 e. The number of carbonyl (C=O) groups is 2. The highest BCUT2D eigenvalue weighted by molar-refractivity contribution is 5.82. The molecule has 1 N–H and O–H groups in total. The van der Waals surface area contributed by atoms with E-state index in [1.54, 1.807) is 0 Å². The van der Waals surface area contributed by atoms with Crippen LogP contribution in [-0.2, 0) is 9.59 Å². The number of aliphatic carboxylic acids is 1. The molecule has 0 saturated carbocycles. The molecule has 0 bridgehead atoms. The van der Waals surface area contributed by atoms with Crippen LogP contribution in [0.15, 0.2) is 0 Å². The summed E-state index contributed by atoms with van der Waals surface area (Å²) < 4.78 is 49.1. The smallest absolute Gasteiger partial charge is 0.471 e. The second kappa shape index (κ2) is 4.26. The van der Waals surface area contributed by atoms with Crippen LogP contribution in [0.2, 0.25) is 0 Å². The van der Waals surface area contributed by atoms with E-state index in [4.69, 9.17) is 5.11 Å². The van der Waals surface area contributed by atoms with Crippen molar-refractivity contribution >= 4 is 11.9 Å². The summed E-state index contributed by atoms with van der Waals surface area (Å²) in [4.78, 5) is 21.5. The quantitative estimate of drug-likeness (QED) is 0.693. The van der Waals surface area contributed by atoms with Crippen LogP contribution >= 0.6 is 0 Å². The van der Waals surface area contributed by atoms with E-state index in [9.17, 15) is 27.2 Å². The van der Waals surface area contributed by atoms with Crippen LogP contribution in [0.1, 0.15) is 6.42 Å². The molecule has 2 atom stereocenters. The largest absolute Gasteiger partial charge is 0.481 e. The molecule has 1 saturated heterocycles. The minimum atomic E-state index is -5.05. The molecule has 4 nitrogen and oxygen atoms in total. The van der Waals surface area contributed by atoms with Crippen molar-refractivity contribution in [1.82, 2.24) is 4.90 Å². The third kappa shape index (κ3) is 2.61. The highest BCUT2D eigenvalue weighted by atomic mass is 19.4. The van der Waals surface area contributed by atoms with E-state index < -0.39 is 43.2 Å². The van der Waals surface area contributed by atoms with E-state index in [1.807, 2.05) is 0 Å². The molecule has 16 heavy (non-hydrogen) atoms. The molecule has 0 aliphatic carbocycles. The van der Waals surface area contributed by atoms with Gasteiger partial charge in [0.05, 0.1) is 12.5 Å². The molecule has 0 radical (unpaired) electrons. The minimum absolute atomic E-state index is 0.296. The standard InChI is InChI=1S/C8H9F4NO3/c9-5-3-13(7(16)8(10,11)12)2-1-4(5)6(14)15/h4-5H,1-3H2,(H,14,15). The summed E-state index contributed by atoms with van der Waals surface area (Å²) in [6.07, 6.45) is -7.31. The Morgan fingerprint density at radius 1 is 1.31 bits per heavy atom. The summed E-state index contributed by atoms with van der Waals surface area (Å²) in [5.41, 5.74) is 0. The zero-order chi connectivity index (χ0) is 12.5. The van der Waals surface area contributed by atoms with Crippen LogP contribution in [-0.4, -0.2) is 47.3 Å². The highest BCUT2D eigenvalue weighted by Crippen LogP contribution is 2.25. The zero-order valence-electron chi connectivity index (χ0n) is 8.00. The predicted octanol–water partition coefficient (Wildman–Crippen LogP) is 0.820. The second-order valence-corrected chi connectivity index (χ2v) is 3.50. The van der Waals surface area contributed by atoms with Crippen molar-refractivity contribution in [1.29, 1.82) is 0 Å². The molecular weight excluding hydrogens is 234 g/mol. The van der Waals surface area contributed by atoms with Crippen LogP contribution < -0.4 is 0 Å². The maximum atomic E-state index is 13.2. The van der Waals surface area contributed by atoms with Gasteiger partial charge in [-0.1, -0.05) is 0 Å². The molecule has 0 spiro atoms. The Hall–Kier alpha value is -1.34. The number of hydrogen-bond donors (Lipinski definition) is 1. The van der Waals surface area contributed by atoms with E-state index in [1.165, 1.54) is 0 Å². The summed E-state index contributed by atoms with van der Waals surface area (Å²) in [5.74, 6) is -4.86. The van der Waals surface area contributed by atoms with E-state index in [0.717, 1.165) is 0 Å². The summed E-state index contributed by atoms with van der Waals surface area (Å²) in [6.45, 7) is -1.22. The number of carbonyl (C=O) groups excluding carboxylic acids is 1. The molecule has 1 heterocycles. The highest BCUT2D eigenvalue weighted by Gasteiger charge is 2.46. The molecule has 0 aromatic rings. The lowest BCUT2D eigenvalue weighted by atomic mass is 9.95. The van der Waals surface area contributed by atoms with Gasteiger partial charge in [0.25, 0.3) is 0 Å². The van der Waals surface area contributed by atoms with E-state index in [2.05, 4.69) is 0 Å². The average Bonchev–Trinajstić information content (AvgIpc) is 2.14. The van der Waals surface area contributed by atoms with E-state index in [-0.39, 0.29) is 6.42 Å². The van der Waals surface area contributed by atoms with Crippen LogP contribution in [0, 0.1) is 5.92 Å². The lowest BCUT2D eigenvalue weighted by Gasteiger charge is -2.32. The lowest BCUT2D eigenvalue weighted by Crippen LogP contribution is -2.51. The molecule has 2 unspecified atom stereocenters. The van der Waals surface area contributed by atoms with Gasteiger partial charge in [0.1, 0.15) is 6.17 Å². The fourth-order valence-electron chi connectivity index (χ4n) is 1.55. The summed E-state index contributed by atoms with van der Waals surface area (Å²) in [7, 11) is 0. The number of alkyl halides is 4. The van der Waals surface area contributed by atoms with Gasteiger partial charge >= 0.3 is 18.1 Å². The Bertz CT molecular complexity index is 304. The molecule has 1 fully saturated rings.